The number of aryl methyl sites for hydroxylation is 1. The van der Waals surface area contributed by atoms with Crippen molar-refractivity contribution in [3.8, 4) is 0 Å². The average molecular weight is 437 g/mol. The average Bonchev–Trinajstić information content (AvgIpc) is 2.81. The van der Waals surface area contributed by atoms with Crippen molar-refractivity contribution < 1.29 is 18.2 Å². The summed E-state index contributed by atoms with van der Waals surface area (Å²) in [6, 6.07) is 18.9. The van der Waals surface area contributed by atoms with Crippen LogP contribution in [-0.4, -0.2) is 45.4 Å². The SMILES string of the molecule is Cc1ccc([N-]S(=O)(=O)c2ccc(C(=O)N3CCN(c4cccc[nH+]4)CC3)cc2)cc1. The Morgan fingerprint density at radius 2 is 1.58 bits per heavy atom. The second kappa shape index (κ2) is 8.77. The minimum Gasteiger partial charge on any atom is -0.573 e. The highest BCUT2D eigenvalue weighted by Gasteiger charge is 2.26. The van der Waals surface area contributed by atoms with Gasteiger partial charge < -0.3 is 9.62 Å². The number of sulfonamides is 1. The zero-order valence-corrected chi connectivity index (χ0v) is 18.0. The highest BCUT2D eigenvalue weighted by Crippen LogP contribution is 2.28. The smallest absolute Gasteiger partial charge is 0.274 e. The first-order valence-corrected chi connectivity index (χ1v) is 11.5. The highest BCUT2D eigenvalue weighted by atomic mass is 32.2. The van der Waals surface area contributed by atoms with Crippen LogP contribution in [0.25, 0.3) is 4.72 Å². The number of pyridine rings is 1. The summed E-state index contributed by atoms with van der Waals surface area (Å²) >= 11 is 0. The summed E-state index contributed by atoms with van der Waals surface area (Å²) in [7, 11) is -3.84. The van der Waals surface area contributed by atoms with Crippen molar-refractivity contribution >= 4 is 27.4 Å². The fourth-order valence-corrected chi connectivity index (χ4v) is 4.46. The van der Waals surface area contributed by atoms with E-state index in [1.54, 1.807) is 29.2 Å². The van der Waals surface area contributed by atoms with E-state index in [1.165, 1.54) is 12.1 Å². The third-order valence-corrected chi connectivity index (χ3v) is 6.58. The van der Waals surface area contributed by atoms with Crippen molar-refractivity contribution in [2.45, 2.75) is 11.8 Å². The van der Waals surface area contributed by atoms with Crippen molar-refractivity contribution in [1.82, 2.24) is 4.90 Å². The summed E-state index contributed by atoms with van der Waals surface area (Å²) in [5, 5.41) is 0. The van der Waals surface area contributed by atoms with Crippen LogP contribution in [0, 0.1) is 6.92 Å². The molecule has 31 heavy (non-hydrogen) atoms. The fraction of sp³-hybridized carbons (Fsp3) is 0.217. The summed E-state index contributed by atoms with van der Waals surface area (Å²) < 4.78 is 29.0. The van der Waals surface area contributed by atoms with Crippen LogP contribution in [0.5, 0.6) is 0 Å². The monoisotopic (exact) mass is 436 g/mol. The van der Waals surface area contributed by atoms with Crippen LogP contribution in [0.1, 0.15) is 15.9 Å². The summed E-state index contributed by atoms with van der Waals surface area (Å²) in [5.41, 5.74) is 1.87. The van der Waals surface area contributed by atoms with E-state index in [-0.39, 0.29) is 10.8 Å². The Hall–Kier alpha value is -3.39. The molecule has 0 atom stereocenters. The lowest BCUT2D eigenvalue weighted by molar-refractivity contribution is -0.364. The van der Waals surface area contributed by atoms with E-state index in [1.807, 2.05) is 43.5 Å². The zero-order valence-electron chi connectivity index (χ0n) is 17.2. The van der Waals surface area contributed by atoms with Gasteiger partial charge in [-0.3, -0.25) is 9.69 Å². The Labute approximate surface area is 182 Å². The summed E-state index contributed by atoms with van der Waals surface area (Å²) in [6.07, 6.45) is 1.88. The summed E-state index contributed by atoms with van der Waals surface area (Å²) in [4.78, 5) is 20.1. The van der Waals surface area contributed by atoms with Gasteiger partial charge in [0, 0.05) is 11.6 Å². The molecule has 7 nitrogen and oxygen atoms in total. The van der Waals surface area contributed by atoms with Gasteiger partial charge in [0.05, 0.1) is 24.2 Å². The van der Waals surface area contributed by atoms with Crippen molar-refractivity contribution in [3.05, 3.63) is 88.8 Å². The number of aromatic nitrogens is 1. The maximum Gasteiger partial charge on any atom is 0.274 e. The van der Waals surface area contributed by atoms with Crippen LogP contribution in [0.4, 0.5) is 11.5 Å². The number of piperazine rings is 1. The lowest BCUT2D eigenvalue weighted by atomic mass is 10.2. The lowest BCUT2D eigenvalue weighted by Crippen LogP contribution is -2.50. The number of carbonyl (C=O) groups is 1. The van der Waals surface area contributed by atoms with Crippen LogP contribution in [0.15, 0.2) is 77.8 Å². The molecule has 4 rings (SSSR count). The van der Waals surface area contributed by atoms with Gasteiger partial charge >= 0.3 is 0 Å². The van der Waals surface area contributed by atoms with E-state index in [0.29, 0.717) is 24.3 Å². The van der Waals surface area contributed by atoms with Gasteiger partial charge in [0.25, 0.3) is 11.7 Å². The highest BCUT2D eigenvalue weighted by molar-refractivity contribution is 7.94. The quantitative estimate of drug-likeness (QED) is 0.615. The minimum absolute atomic E-state index is 0.0639. The Morgan fingerprint density at radius 3 is 2.19 bits per heavy atom. The van der Waals surface area contributed by atoms with Gasteiger partial charge in [0.15, 0.2) is 0 Å². The molecule has 0 unspecified atom stereocenters. The number of aromatic amines is 1. The molecule has 160 valence electrons. The Bertz CT molecular complexity index is 1140. The van der Waals surface area contributed by atoms with Gasteiger partial charge in [-0.25, -0.2) is 13.4 Å². The molecule has 0 radical (unpaired) electrons. The molecule has 1 N–H and O–H groups in total. The number of hydrogen-bond donors (Lipinski definition) is 0. The maximum absolute atomic E-state index is 12.9. The molecule has 8 heteroatoms. The molecule has 1 aliphatic heterocycles. The van der Waals surface area contributed by atoms with E-state index in [4.69, 9.17) is 0 Å². The number of benzene rings is 2. The van der Waals surface area contributed by atoms with E-state index < -0.39 is 10.0 Å². The van der Waals surface area contributed by atoms with Crippen LogP contribution < -0.4 is 9.88 Å². The van der Waals surface area contributed by atoms with Gasteiger partial charge in [0.1, 0.15) is 23.1 Å². The number of H-pyrrole nitrogens is 1. The first-order valence-electron chi connectivity index (χ1n) is 10.1. The number of amides is 1. The number of nitrogens with one attached hydrogen (secondary N) is 1. The predicted octanol–water partition coefficient (Wildman–Crippen LogP) is 3.17. The molecule has 0 spiro atoms. The normalized spacial score (nSPS) is 14.4. The largest absolute Gasteiger partial charge is 0.573 e. The second-order valence-corrected chi connectivity index (χ2v) is 9.06. The lowest BCUT2D eigenvalue weighted by Gasteiger charge is -2.31. The molecule has 2 aromatic carbocycles. The Morgan fingerprint density at radius 1 is 0.903 bits per heavy atom. The molecule has 3 aromatic rings. The second-order valence-electron chi connectivity index (χ2n) is 7.45. The number of hydrogen-bond acceptors (Lipinski definition) is 4. The molecule has 1 aliphatic rings. The molecule has 0 aliphatic carbocycles. The molecular formula is C23H24N4O3S. The van der Waals surface area contributed by atoms with Crippen LogP contribution >= 0.6 is 0 Å². The topological polar surface area (TPSA) is 85.9 Å². The first kappa shape index (κ1) is 20.9. The van der Waals surface area contributed by atoms with Crippen molar-refractivity contribution in [1.29, 1.82) is 0 Å². The molecule has 0 bridgehead atoms. The standard InChI is InChI=1S/C23H23N4O3S/c1-18-5-9-20(10-6-18)25-31(29,30)21-11-7-19(8-12-21)23(28)27-16-14-26(15-17-27)22-4-2-3-13-24-22/h2-13H,14-17H2,1H3/q-1/p+1. The van der Waals surface area contributed by atoms with Gasteiger partial charge in [-0.05, 0) is 37.3 Å². The molecule has 1 fully saturated rings. The van der Waals surface area contributed by atoms with E-state index >= 15 is 0 Å². The van der Waals surface area contributed by atoms with Crippen LogP contribution in [-0.2, 0) is 10.0 Å². The van der Waals surface area contributed by atoms with Gasteiger partial charge in [-0.15, -0.1) is 5.69 Å². The number of nitrogens with zero attached hydrogens (tertiary/aromatic N) is 3. The van der Waals surface area contributed by atoms with Crippen molar-refractivity contribution in [2.24, 2.45) is 0 Å². The summed E-state index contributed by atoms with van der Waals surface area (Å²) in [5.74, 6) is 0.928. The molecule has 1 amide bonds. The van der Waals surface area contributed by atoms with Crippen molar-refractivity contribution in [3.63, 3.8) is 0 Å². The first-order chi connectivity index (χ1) is 14.9. The van der Waals surface area contributed by atoms with E-state index in [2.05, 4.69) is 14.6 Å². The van der Waals surface area contributed by atoms with Crippen molar-refractivity contribution in [2.75, 3.05) is 31.1 Å². The predicted molar refractivity (Wildman–Crippen MR) is 119 cm³/mol. The third kappa shape index (κ3) is 4.86. The Kier molecular flexibility index (Phi) is 5.90. The maximum atomic E-state index is 12.9. The molecule has 2 heterocycles. The van der Waals surface area contributed by atoms with Crippen LogP contribution in [0.3, 0.4) is 0 Å². The molecule has 1 aromatic heterocycles. The van der Waals surface area contributed by atoms with Gasteiger partial charge in [-0.2, -0.15) is 0 Å². The Balaban J connectivity index is 1.39. The van der Waals surface area contributed by atoms with E-state index in [0.717, 1.165) is 24.5 Å². The molecule has 0 saturated carbocycles. The molecule has 1 saturated heterocycles. The van der Waals surface area contributed by atoms with Gasteiger partial charge in [0.2, 0.25) is 0 Å². The number of carbonyl (C=O) groups excluding carboxylic acids is 1. The fourth-order valence-electron chi connectivity index (χ4n) is 3.48. The van der Waals surface area contributed by atoms with Gasteiger partial charge in [-0.1, -0.05) is 35.9 Å². The number of rotatable bonds is 5. The van der Waals surface area contributed by atoms with E-state index in [9.17, 15) is 13.2 Å². The minimum atomic E-state index is -3.84. The summed E-state index contributed by atoms with van der Waals surface area (Å²) in [6.45, 7) is 4.59. The number of anilines is 1. The third-order valence-electron chi connectivity index (χ3n) is 5.26. The zero-order chi connectivity index (χ0) is 21.8. The van der Waals surface area contributed by atoms with Crippen LogP contribution in [0.2, 0.25) is 0 Å². The molecular weight excluding hydrogens is 412 g/mol.